The van der Waals surface area contributed by atoms with Crippen LogP contribution in [0.15, 0.2) is 142 Å². The van der Waals surface area contributed by atoms with E-state index in [1.165, 1.54) is 32.4 Å². The number of nitrogens with zero attached hydrogens (tertiary/aromatic N) is 12. The minimum atomic E-state index is -5.13. The normalized spacial score (nSPS) is 18.0. The molecular formula is C60H69Br3N18O12S3. The van der Waals surface area contributed by atoms with Crippen LogP contribution in [-0.2, 0) is 30.6 Å². The highest BCUT2D eigenvalue weighted by Gasteiger charge is 2.23. The van der Waals surface area contributed by atoms with Crippen LogP contribution in [0.1, 0.15) is 106 Å². The minimum Gasteiger partial charge on any atom is -0.473 e. The van der Waals surface area contributed by atoms with E-state index in [9.17, 15) is 25.3 Å². The summed E-state index contributed by atoms with van der Waals surface area (Å²) in [5, 5.41) is 0. The van der Waals surface area contributed by atoms with Crippen molar-refractivity contribution < 1.29 is 103 Å². The molecule has 6 N–H and O–H groups in total. The molecule has 9 aromatic rings. The van der Waals surface area contributed by atoms with Crippen molar-refractivity contribution in [3.05, 3.63) is 159 Å². The fraction of sp³-hybridized carbons (Fsp3) is 0.300. The monoisotopic (exact) mass is 1600 g/mol. The smallest absolute Gasteiger partial charge is 0.316 e. The van der Waals surface area contributed by atoms with E-state index in [1.54, 1.807) is 16.4 Å². The number of rotatable bonds is 33. The van der Waals surface area contributed by atoms with E-state index >= 15 is 0 Å². The average Bonchev–Trinajstić information content (AvgIpc) is 0.754. The summed E-state index contributed by atoms with van der Waals surface area (Å²) in [7, 11) is -14.3. The first-order valence-corrected chi connectivity index (χ1v) is 32.8. The van der Waals surface area contributed by atoms with Crippen LogP contribution in [-0.4, -0.2) is 144 Å². The van der Waals surface area contributed by atoms with Crippen molar-refractivity contribution >= 4 is 95.9 Å². The molecule has 0 fully saturated rings. The highest BCUT2D eigenvalue weighted by Crippen LogP contribution is 2.38. The Hall–Kier alpha value is -8.49. The molecule has 0 spiro atoms. The summed E-state index contributed by atoms with van der Waals surface area (Å²) < 4.78 is 409. The summed E-state index contributed by atoms with van der Waals surface area (Å²) in [6.45, 7) is -19.0. The van der Waals surface area contributed by atoms with Gasteiger partial charge >= 0.3 is 18.0 Å². The predicted molar refractivity (Wildman–Crippen MR) is 371 cm³/mol. The predicted octanol–water partition coefficient (Wildman–Crippen LogP) is 9.36. The first-order chi connectivity index (χ1) is 60.1. The van der Waals surface area contributed by atoms with Crippen LogP contribution in [0.3, 0.4) is 0 Å². The maximum absolute atomic E-state index is 12.9. The number of anilines is 3. The number of hydrogen-bond donors (Lipinski definition) is 6. The van der Waals surface area contributed by atoms with Gasteiger partial charge in [-0.3, -0.25) is 14.2 Å². The van der Waals surface area contributed by atoms with Gasteiger partial charge in [0.2, 0.25) is 17.6 Å². The molecule has 510 valence electrons. The molecule has 9 rings (SSSR count). The van der Waals surface area contributed by atoms with Crippen LogP contribution in [0.25, 0.3) is 33.4 Å². The molecule has 0 atom stereocenters. The zero-order chi connectivity index (χ0) is 101. The number of halogens is 3. The van der Waals surface area contributed by atoms with Gasteiger partial charge in [0.15, 0.2) is 17.5 Å². The summed E-state index contributed by atoms with van der Waals surface area (Å²) >= 11 is 8.79. The van der Waals surface area contributed by atoms with Crippen molar-refractivity contribution in [1.82, 2.24) is 74.0 Å². The topological polar surface area (TPSA) is 385 Å². The summed E-state index contributed by atoms with van der Waals surface area (Å²) in [5.41, 5.74) is -4.22. The summed E-state index contributed by atoms with van der Waals surface area (Å²) in [5.74, 6) is -5.31. The number of nitrogens with one attached hydrogen (secondary N) is 6. The molecule has 0 radical (unpaired) electrons. The second kappa shape index (κ2) is 37.7. The van der Waals surface area contributed by atoms with E-state index in [0.29, 0.717) is 19.1 Å². The maximum Gasteiger partial charge on any atom is 0.316 e. The van der Waals surface area contributed by atoms with Crippen molar-refractivity contribution in [1.29, 1.82) is 0 Å². The van der Waals surface area contributed by atoms with Gasteiger partial charge in [0.1, 0.15) is 58.3 Å². The molecule has 36 heteroatoms. The highest BCUT2D eigenvalue weighted by atomic mass is 79.9. The van der Waals surface area contributed by atoms with E-state index in [2.05, 4.69) is 117 Å². The number of hydrogen-bond acceptors (Lipinski definition) is 24. The molecule has 30 nitrogen and oxygen atoms in total. The lowest BCUT2D eigenvalue weighted by Crippen LogP contribution is -2.31. The Kier molecular flexibility index (Phi) is 15.3. The van der Waals surface area contributed by atoms with Gasteiger partial charge in [-0.2, -0.15) is 39.4 Å². The zero-order valence-corrected chi connectivity index (χ0v) is 56.7. The summed E-state index contributed by atoms with van der Waals surface area (Å²) in [6, 6.07) is -11.1. The lowest BCUT2D eigenvalue weighted by molar-refractivity contribution is 0.202. The van der Waals surface area contributed by atoms with E-state index in [4.69, 9.17) is 77.8 Å². The Morgan fingerprint density at radius 2 is 0.667 bits per heavy atom. The quantitative estimate of drug-likeness (QED) is 0.0223. The summed E-state index contributed by atoms with van der Waals surface area (Å²) in [6.07, 6.45) is -3.64. The maximum atomic E-state index is 12.9. The van der Waals surface area contributed by atoms with Crippen molar-refractivity contribution in [3.8, 4) is 69.1 Å². The van der Waals surface area contributed by atoms with Gasteiger partial charge in [0.25, 0.3) is 30.6 Å². The average molecular weight is 1610 g/mol. The molecule has 0 saturated heterocycles. The SMILES string of the molecule is [2H]c1nc(OC([2H])([2H])C([2H])([2H])Oc2ncnc(NS(=O)(=O)NC([2H])([2H])C([2H])([2H])C)c2-c2c([2H])c([2H])c(Br)c([2H])c2[2H])nc([2H])c1C.[2H]c1nc(OC([2H])([2H])C([2H])([2H])Oc2ncnc(NS(=O)(=O)NC([2H])([2H])CC)c2-c2c([2H])c([2H])c(Br)c([2H])c2[2H])nc([2H])c1C.[2H]c1nc(OC([2H])([2H])C([2H])([2H])Oc2ncnc(NS(=O)(=O)NCCC)c2-c2c([2H])c([2H])c(Br)c([2H])c2[2H])nc([2H])c1C. The second-order valence-electron chi connectivity index (χ2n) is 16.9. The van der Waals surface area contributed by atoms with Gasteiger partial charge in [-0.1, -0.05) is 105 Å². The first kappa shape index (κ1) is 39.0. The molecular weight excluding hydrogens is 1500 g/mol. The molecule has 6 aromatic heterocycles. The van der Waals surface area contributed by atoms with Gasteiger partial charge < -0.3 is 28.4 Å². The Bertz CT molecular complexity index is 6170. The zero-order valence-electron chi connectivity index (χ0n) is 85.5. The number of benzene rings is 3. The number of aromatic nitrogens is 12. The molecule has 0 aliphatic rings. The Balaban J connectivity index is 0.000000271. The first-order valence-electron chi connectivity index (χ1n) is 43.9. The standard InChI is InChI=1S/3C20H23BrN6O4S/c3*1-3-8-26-32(28,29)27-18-17(15-4-6-16(21)7-5-15)19(25-13-24-18)30-9-10-31-20-22-11-14(2)12-23-20/h3*4-7,11-13,26H,3,8-10H2,1-2H3,(H,24,25,27)/i3D2,4D,5D,6D,7D,8D2,9D2,10D2,11D,12D;4D,5D,6D,7D,8D2,9D2,10D2,11D,12D;4D,5D,6D,7D,9D2,10D2,11D,12D. The van der Waals surface area contributed by atoms with Crippen LogP contribution in [0.5, 0.6) is 35.7 Å². The van der Waals surface area contributed by atoms with Crippen molar-refractivity contribution in [2.24, 2.45) is 0 Å². The van der Waals surface area contributed by atoms with Crippen molar-refractivity contribution in [2.75, 3.05) is 73.1 Å². The summed E-state index contributed by atoms with van der Waals surface area (Å²) in [4.78, 5) is 43.8. The third-order valence-corrected chi connectivity index (χ3v) is 13.8. The van der Waals surface area contributed by atoms with Gasteiger partial charge in [-0.25, -0.2) is 59.8 Å². The Morgan fingerprint density at radius 1 is 0.385 bits per heavy atom. The van der Waals surface area contributed by atoms with Gasteiger partial charge in [-0.15, -0.1) is 0 Å². The molecule has 96 heavy (non-hydrogen) atoms. The molecule has 0 saturated carbocycles. The highest BCUT2D eigenvalue weighted by molar-refractivity contribution is 9.11. The lowest BCUT2D eigenvalue weighted by atomic mass is 10.1. The largest absolute Gasteiger partial charge is 0.473 e. The molecule has 3 aromatic carbocycles. The Labute approximate surface area is 632 Å². The van der Waals surface area contributed by atoms with Crippen LogP contribution in [0.2, 0.25) is 0 Å². The molecule has 0 bridgehead atoms. The fourth-order valence-corrected chi connectivity index (χ4v) is 9.03. The van der Waals surface area contributed by atoms with Gasteiger partial charge in [-0.05, 0) is 110 Å². The van der Waals surface area contributed by atoms with Gasteiger partial charge in [0, 0.05) is 78.2 Å². The van der Waals surface area contributed by atoms with E-state index < -0.39 is 285 Å². The molecule has 6 heterocycles. The van der Waals surface area contributed by atoms with Crippen LogP contribution >= 0.6 is 47.8 Å². The van der Waals surface area contributed by atoms with Crippen LogP contribution < -0.4 is 56.8 Å². The van der Waals surface area contributed by atoms with Gasteiger partial charge in [0.05, 0.1) is 57.8 Å². The molecule has 0 aliphatic heterocycles. The number of ether oxygens (including phenoxy) is 6. The Morgan fingerprint density at radius 3 is 0.948 bits per heavy atom. The van der Waals surface area contributed by atoms with Crippen LogP contribution in [0, 0.1) is 20.8 Å². The molecule has 0 aliphatic carbocycles. The fourth-order valence-electron chi connectivity index (χ4n) is 5.99. The lowest BCUT2D eigenvalue weighted by Gasteiger charge is -2.15. The van der Waals surface area contributed by atoms with Crippen molar-refractivity contribution in [2.45, 2.75) is 60.8 Å². The molecule has 0 unspecified atom stereocenters. The van der Waals surface area contributed by atoms with E-state index in [-0.39, 0.29) is 43.1 Å². The van der Waals surface area contributed by atoms with Crippen molar-refractivity contribution in [3.63, 3.8) is 0 Å². The molecule has 0 amide bonds. The minimum absolute atomic E-state index is 0.0137. The third-order valence-electron chi connectivity index (χ3n) is 9.81. The second-order valence-corrected chi connectivity index (χ2v) is 23.6. The third kappa shape index (κ3) is 24.9. The van der Waals surface area contributed by atoms with Crippen LogP contribution in [0.4, 0.5) is 17.5 Å². The van der Waals surface area contributed by atoms with E-state index in [1.807, 2.05) is 4.72 Å². The van der Waals surface area contributed by atoms with E-state index in [0.717, 1.165) is 13.3 Å².